The highest BCUT2D eigenvalue weighted by molar-refractivity contribution is 7.13. The standard InChI is InChI=1S/C23H21N3O2S/c1-16-18(24-23(28-16)20-10-6-14-29-20)15-21(27)26-13-12-25-11-5-9-19(25)22(26)17-7-3-2-4-8-17/h2-11,14,22H,12-13,15H2,1H3. The van der Waals surface area contributed by atoms with Gasteiger partial charge in [0.25, 0.3) is 0 Å². The van der Waals surface area contributed by atoms with E-state index >= 15 is 0 Å². The normalized spacial score (nSPS) is 16.0. The molecule has 1 unspecified atom stereocenters. The second kappa shape index (κ2) is 7.37. The molecule has 1 aliphatic rings. The highest BCUT2D eigenvalue weighted by atomic mass is 32.1. The van der Waals surface area contributed by atoms with Crippen LogP contribution in [0.5, 0.6) is 0 Å². The molecule has 1 aromatic carbocycles. The minimum absolute atomic E-state index is 0.0698. The molecule has 1 amide bonds. The van der Waals surface area contributed by atoms with Gasteiger partial charge in [-0.05, 0) is 36.1 Å². The molecule has 1 aliphatic heterocycles. The third kappa shape index (κ3) is 3.29. The van der Waals surface area contributed by atoms with Gasteiger partial charge < -0.3 is 13.9 Å². The van der Waals surface area contributed by atoms with Crippen LogP contribution in [-0.4, -0.2) is 26.9 Å². The van der Waals surface area contributed by atoms with Crippen LogP contribution in [0.3, 0.4) is 0 Å². The second-order valence-corrected chi connectivity index (χ2v) is 8.15. The number of thiophene rings is 1. The van der Waals surface area contributed by atoms with Gasteiger partial charge in [0.15, 0.2) is 0 Å². The Hall–Kier alpha value is -3.12. The quantitative estimate of drug-likeness (QED) is 0.497. The number of aryl methyl sites for hydroxylation is 1. The summed E-state index contributed by atoms with van der Waals surface area (Å²) in [5.74, 6) is 1.37. The summed E-state index contributed by atoms with van der Waals surface area (Å²) in [5, 5.41) is 1.99. The number of aromatic nitrogens is 2. The lowest BCUT2D eigenvalue weighted by molar-refractivity contribution is -0.133. The maximum absolute atomic E-state index is 13.4. The van der Waals surface area contributed by atoms with Gasteiger partial charge in [-0.3, -0.25) is 4.79 Å². The molecule has 29 heavy (non-hydrogen) atoms. The van der Waals surface area contributed by atoms with Crippen LogP contribution < -0.4 is 0 Å². The van der Waals surface area contributed by atoms with Crippen LogP contribution in [0.4, 0.5) is 0 Å². The molecule has 5 rings (SSSR count). The van der Waals surface area contributed by atoms with Crippen molar-refractivity contribution < 1.29 is 9.21 Å². The topological polar surface area (TPSA) is 51.3 Å². The Labute approximate surface area is 173 Å². The van der Waals surface area contributed by atoms with E-state index < -0.39 is 0 Å². The summed E-state index contributed by atoms with van der Waals surface area (Å²) in [4.78, 5) is 20.9. The fraction of sp³-hybridized carbons (Fsp3) is 0.217. The summed E-state index contributed by atoms with van der Waals surface area (Å²) in [6.45, 7) is 3.35. The molecule has 146 valence electrons. The summed E-state index contributed by atoms with van der Waals surface area (Å²) in [6, 6.07) is 18.2. The van der Waals surface area contributed by atoms with Crippen molar-refractivity contribution in [2.45, 2.75) is 25.9 Å². The van der Waals surface area contributed by atoms with Gasteiger partial charge in [0.1, 0.15) is 5.76 Å². The number of fused-ring (bicyclic) bond motifs is 1. The smallest absolute Gasteiger partial charge is 0.236 e. The van der Waals surface area contributed by atoms with Crippen molar-refractivity contribution in [3.63, 3.8) is 0 Å². The first-order valence-corrected chi connectivity index (χ1v) is 10.6. The highest BCUT2D eigenvalue weighted by Crippen LogP contribution is 2.33. The molecule has 6 heteroatoms. The molecule has 0 fully saturated rings. The van der Waals surface area contributed by atoms with E-state index in [-0.39, 0.29) is 18.4 Å². The van der Waals surface area contributed by atoms with Gasteiger partial charge in [0.05, 0.1) is 23.0 Å². The van der Waals surface area contributed by atoms with E-state index in [1.807, 2.05) is 53.6 Å². The number of hydrogen-bond donors (Lipinski definition) is 0. The summed E-state index contributed by atoms with van der Waals surface area (Å²) in [6.07, 6.45) is 2.33. The Morgan fingerprint density at radius 3 is 2.79 bits per heavy atom. The van der Waals surface area contributed by atoms with E-state index in [9.17, 15) is 4.79 Å². The van der Waals surface area contributed by atoms with E-state index in [2.05, 4.69) is 33.9 Å². The van der Waals surface area contributed by atoms with Crippen LogP contribution in [0.1, 0.15) is 28.8 Å². The van der Waals surface area contributed by atoms with Gasteiger partial charge >= 0.3 is 0 Å². The van der Waals surface area contributed by atoms with Crippen LogP contribution >= 0.6 is 11.3 Å². The molecule has 0 aliphatic carbocycles. The lowest BCUT2D eigenvalue weighted by atomic mass is 9.99. The maximum Gasteiger partial charge on any atom is 0.236 e. The number of hydrogen-bond acceptors (Lipinski definition) is 4. The molecule has 0 radical (unpaired) electrons. The number of benzene rings is 1. The largest absolute Gasteiger partial charge is 0.440 e. The molecule has 0 spiro atoms. The van der Waals surface area contributed by atoms with Crippen molar-refractivity contribution in [2.75, 3.05) is 6.54 Å². The van der Waals surface area contributed by atoms with E-state index in [4.69, 9.17) is 4.42 Å². The van der Waals surface area contributed by atoms with Gasteiger partial charge in [-0.15, -0.1) is 11.3 Å². The van der Waals surface area contributed by atoms with E-state index in [1.54, 1.807) is 11.3 Å². The first-order valence-electron chi connectivity index (χ1n) is 9.70. The Morgan fingerprint density at radius 2 is 2.00 bits per heavy atom. The van der Waals surface area contributed by atoms with Gasteiger partial charge in [-0.1, -0.05) is 36.4 Å². The molecule has 1 atom stereocenters. The molecule has 0 bridgehead atoms. The van der Waals surface area contributed by atoms with Crippen molar-refractivity contribution in [3.8, 4) is 10.8 Å². The Balaban J connectivity index is 1.45. The maximum atomic E-state index is 13.4. The van der Waals surface area contributed by atoms with Crippen LogP contribution in [0.25, 0.3) is 10.8 Å². The van der Waals surface area contributed by atoms with E-state index in [0.29, 0.717) is 23.9 Å². The molecular formula is C23H21N3O2S. The SMILES string of the molecule is Cc1oc(-c2cccs2)nc1CC(=O)N1CCn2cccc2C1c1ccccc1. The number of nitrogens with zero attached hydrogens (tertiary/aromatic N) is 3. The summed E-state index contributed by atoms with van der Waals surface area (Å²) in [5.41, 5.74) is 2.98. The van der Waals surface area contributed by atoms with Crippen molar-refractivity contribution in [3.05, 3.63) is 88.9 Å². The lowest BCUT2D eigenvalue weighted by Crippen LogP contribution is -2.43. The summed E-state index contributed by atoms with van der Waals surface area (Å²) < 4.78 is 8.06. The lowest BCUT2D eigenvalue weighted by Gasteiger charge is -2.37. The zero-order valence-electron chi connectivity index (χ0n) is 16.1. The zero-order valence-corrected chi connectivity index (χ0v) is 16.9. The van der Waals surface area contributed by atoms with Crippen LogP contribution in [-0.2, 0) is 17.8 Å². The third-order valence-corrected chi connectivity index (χ3v) is 6.28. The van der Waals surface area contributed by atoms with Crippen molar-refractivity contribution in [2.24, 2.45) is 0 Å². The number of carbonyl (C=O) groups is 1. The Morgan fingerprint density at radius 1 is 1.14 bits per heavy atom. The average Bonchev–Trinajstić information content (AvgIpc) is 3.49. The molecule has 0 saturated heterocycles. The second-order valence-electron chi connectivity index (χ2n) is 7.20. The van der Waals surface area contributed by atoms with Crippen molar-refractivity contribution in [1.29, 1.82) is 0 Å². The monoisotopic (exact) mass is 403 g/mol. The molecular weight excluding hydrogens is 382 g/mol. The predicted molar refractivity (Wildman–Crippen MR) is 113 cm³/mol. The van der Waals surface area contributed by atoms with Crippen LogP contribution in [0.15, 0.2) is 70.6 Å². The van der Waals surface area contributed by atoms with Gasteiger partial charge in [0.2, 0.25) is 11.8 Å². The first-order chi connectivity index (χ1) is 14.2. The fourth-order valence-electron chi connectivity index (χ4n) is 3.98. The number of carbonyl (C=O) groups excluding carboxylic acids is 1. The third-order valence-electron chi connectivity index (χ3n) is 5.42. The summed E-state index contributed by atoms with van der Waals surface area (Å²) in [7, 11) is 0. The van der Waals surface area contributed by atoms with Crippen molar-refractivity contribution >= 4 is 17.2 Å². The Kier molecular flexibility index (Phi) is 4.56. The van der Waals surface area contributed by atoms with Crippen LogP contribution in [0.2, 0.25) is 0 Å². The molecule has 5 nitrogen and oxygen atoms in total. The van der Waals surface area contributed by atoms with Gasteiger partial charge in [-0.25, -0.2) is 4.98 Å². The van der Waals surface area contributed by atoms with E-state index in [1.165, 1.54) is 0 Å². The molecule has 0 N–H and O–H groups in total. The average molecular weight is 404 g/mol. The van der Waals surface area contributed by atoms with Crippen molar-refractivity contribution in [1.82, 2.24) is 14.5 Å². The molecule has 3 aromatic heterocycles. The zero-order chi connectivity index (χ0) is 19.8. The van der Waals surface area contributed by atoms with Gasteiger partial charge in [0, 0.05) is 25.0 Å². The number of oxazole rings is 1. The Bertz CT molecular complexity index is 1130. The number of rotatable bonds is 4. The number of amides is 1. The molecule has 4 heterocycles. The van der Waals surface area contributed by atoms with E-state index in [0.717, 1.165) is 22.7 Å². The summed E-state index contributed by atoms with van der Waals surface area (Å²) >= 11 is 1.58. The molecule has 0 saturated carbocycles. The minimum atomic E-state index is -0.0866. The molecule has 4 aromatic rings. The predicted octanol–water partition coefficient (Wildman–Crippen LogP) is 4.69. The fourth-order valence-corrected chi connectivity index (χ4v) is 4.63. The van der Waals surface area contributed by atoms with Gasteiger partial charge in [-0.2, -0.15) is 0 Å². The first kappa shape index (κ1) is 17.9. The minimum Gasteiger partial charge on any atom is -0.440 e. The van der Waals surface area contributed by atoms with Crippen LogP contribution in [0, 0.1) is 6.92 Å². The highest BCUT2D eigenvalue weighted by Gasteiger charge is 2.32.